The van der Waals surface area contributed by atoms with Crippen molar-refractivity contribution in [2.24, 2.45) is 0 Å². The largest absolute Gasteiger partial charge is 0.463 e. The monoisotopic (exact) mass is 429 g/mol. The number of nitrogens with one attached hydrogen (secondary N) is 1. The molecule has 1 aromatic carbocycles. The predicted molar refractivity (Wildman–Crippen MR) is 131 cm³/mol. The summed E-state index contributed by atoms with van der Waals surface area (Å²) in [5.41, 5.74) is 0.943. The molecule has 0 aliphatic heterocycles. The van der Waals surface area contributed by atoms with E-state index in [2.05, 4.69) is 36.5 Å². The number of ether oxygens (including phenoxy) is 1. The Kier molecular flexibility index (Phi) is 17.3. The molecule has 0 radical (unpaired) electrons. The van der Waals surface area contributed by atoms with Crippen molar-refractivity contribution in [1.29, 1.82) is 0 Å². The van der Waals surface area contributed by atoms with Crippen LogP contribution < -0.4 is 5.32 Å². The average molecular weight is 430 g/mol. The zero-order valence-electron chi connectivity index (χ0n) is 19.4. The lowest BCUT2D eigenvalue weighted by Gasteiger charge is -2.13. The lowest BCUT2D eigenvalue weighted by atomic mass is 10.1. The topological polar surface area (TPSA) is 58.6 Å². The highest BCUT2D eigenvalue weighted by molar-refractivity contribution is 5.69. The molecule has 0 heterocycles. The summed E-state index contributed by atoms with van der Waals surface area (Å²) in [7, 11) is 0. The molecule has 1 rings (SSSR count). The first-order valence-electron chi connectivity index (χ1n) is 12.1. The first kappa shape index (κ1) is 27.0. The zero-order valence-corrected chi connectivity index (χ0v) is 19.4. The van der Waals surface area contributed by atoms with Crippen molar-refractivity contribution < 1.29 is 14.6 Å². The highest BCUT2D eigenvalue weighted by Gasteiger charge is 2.08. The van der Waals surface area contributed by atoms with E-state index in [1.807, 2.05) is 30.3 Å². The number of hydrogen-bond donors (Lipinski definition) is 2. The Morgan fingerprint density at radius 2 is 1.58 bits per heavy atom. The van der Waals surface area contributed by atoms with E-state index in [4.69, 9.17) is 4.74 Å². The molecular weight excluding hydrogens is 386 g/mol. The number of esters is 1. The molecule has 174 valence electrons. The number of unbranched alkanes of at least 4 members (excludes halogenated alkanes) is 8. The minimum atomic E-state index is -0.700. The molecule has 0 amide bonds. The van der Waals surface area contributed by atoms with Gasteiger partial charge in [0.25, 0.3) is 0 Å². The van der Waals surface area contributed by atoms with Gasteiger partial charge >= 0.3 is 5.97 Å². The molecule has 0 bridgehead atoms. The van der Waals surface area contributed by atoms with Gasteiger partial charge in [0, 0.05) is 18.7 Å². The molecule has 0 fully saturated rings. The summed E-state index contributed by atoms with van der Waals surface area (Å²) >= 11 is 0. The van der Waals surface area contributed by atoms with E-state index in [-0.39, 0.29) is 12.6 Å². The molecule has 1 unspecified atom stereocenters. The Bertz CT molecular complexity index is 598. The molecule has 2 N–H and O–H groups in total. The van der Waals surface area contributed by atoms with Crippen LogP contribution in [0.25, 0.3) is 0 Å². The van der Waals surface area contributed by atoms with E-state index >= 15 is 0 Å². The fraction of sp³-hybridized carbons (Fsp3) is 0.593. The van der Waals surface area contributed by atoms with E-state index in [9.17, 15) is 9.90 Å². The summed E-state index contributed by atoms with van der Waals surface area (Å²) in [5.74, 6) is -0.218. The number of anilines is 1. The van der Waals surface area contributed by atoms with Gasteiger partial charge in [-0.15, -0.1) is 0 Å². The van der Waals surface area contributed by atoms with E-state index in [0.717, 1.165) is 37.8 Å². The van der Waals surface area contributed by atoms with Crippen molar-refractivity contribution in [2.45, 2.75) is 90.1 Å². The van der Waals surface area contributed by atoms with Crippen molar-refractivity contribution in [3.05, 3.63) is 54.6 Å². The minimum Gasteiger partial charge on any atom is -0.463 e. The Balaban J connectivity index is 1.88. The maximum absolute atomic E-state index is 11.8. The number of rotatable bonds is 19. The van der Waals surface area contributed by atoms with Gasteiger partial charge in [-0.05, 0) is 50.7 Å². The van der Waals surface area contributed by atoms with Gasteiger partial charge in [0.1, 0.15) is 12.7 Å². The van der Waals surface area contributed by atoms with Gasteiger partial charge in [-0.1, -0.05) is 81.5 Å². The second kappa shape index (κ2) is 19.9. The molecule has 0 spiro atoms. The Labute approximate surface area is 189 Å². The summed E-state index contributed by atoms with van der Waals surface area (Å²) in [4.78, 5) is 11.8. The van der Waals surface area contributed by atoms with Crippen molar-refractivity contribution in [1.82, 2.24) is 0 Å². The van der Waals surface area contributed by atoms with Crippen LogP contribution in [0.4, 0.5) is 5.69 Å². The Morgan fingerprint density at radius 3 is 2.29 bits per heavy atom. The second-order valence-electron chi connectivity index (χ2n) is 8.06. The third-order valence-corrected chi connectivity index (χ3v) is 5.08. The number of benzene rings is 1. The summed E-state index contributed by atoms with van der Waals surface area (Å²) in [6.07, 6.45) is 21.6. The van der Waals surface area contributed by atoms with Gasteiger partial charge in [0.05, 0.1) is 0 Å². The maximum Gasteiger partial charge on any atom is 0.305 e. The molecule has 31 heavy (non-hydrogen) atoms. The molecule has 1 aromatic rings. The number of hydrogen-bond acceptors (Lipinski definition) is 4. The Morgan fingerprint density at radius 1 is 0.935 bits per heavy atom. The number of carbonyl (C=O) groups is 1. The molecular formula is C27H43NO3. The molecule has 0 aromatic heterocycles. The molecule has 4 heteroatoms. The fourth-order valence-electron chi connectivity index (χ4n) is 3.19. The maximum atomic E-state index is 11.8. The third kappa shape index (κ3) is 17.3. The summed E-state index contributed by atoms with van der Waals surface area (Å²) < 4.78 is 5.17. The molecule has 0 saturated carbocycles. The van der Waals surface area contributed by atoms with Gasteiger partial charge in [0.2, 0.25) is 0 Å². The lowest BCUT2D eigenvalue weighted by Crippen LogP contribution is -2.26. The van der Waals surface area contributed by atoms with E-state index in [1.54, 1.807) is 0 Å². The lowest BCUT2D eigenvalue weighted by molar-refractivity contribution is -0.146. The fourth-order valence-corrected chi connectivity index (χ4v) is 3.19. The van der Waals surface area contributed by atoms with Crippen LogP contribution in [0.3, 0.4) is 0 Å². The Hall–Kier alpha value is -2.07. The molecule has 0 saturated heterocycles. The van der Waals surface area contributed by atoms with Crippen LogP contribution in [0.15, 0.2) is 54.6 Å². The molecule has 4 nitrogen and oxygen atoms in total. The third-order valence-electron chi connectivity index (χ3n) is 5.08. The van der Waals surface area contributed by atoms with Gasteiger partial charge in [0.15, 0.2) is 0 Å². The highest BCUT2D eigenvalue weighted by Crippen LogP contribution is 2.09. The van der Waals surface area contributed by atoms with Crippen LogP contribution in [-0.4, -0.2) is 30.3 Å². The van der Waals surface area contributed by atoms with E-state index in [0.29, 0.717) is 13.0 Å². The second-order valence-corrected chi connectivity index (χ2v) is 8.06. The van der Waals surface area contributed by atoms with Gasteiger partial charge in [-0.2, -0.15) is 0 Å². The highest BCUT2D eigenvalue weighted by atomic mass is 16.5. The molecule has 1 atom stereocenters. The smallest absolute Gasteiger partial charge is 0.305 e. The van der Waals surface area contributed by atoms with Crippen molar-refractivity contribution in [2.75, 3.05) is 18.5 Å². The zero-order chi connectivity index (χ0) is 22.4. The SMILES string of the molecule is CCCCCC=CCC=CCCCCCCCC(=O)OCC(O)CNc1ccccc1. The number of aliphatic hydroxyl groups excluding tert-OH is 1. The van der Waals surface area contributed by atoms with Crippen LogP contribution in [0, 0.1) is 0 Å². The van der Waals surface area contributed by atoms with Gasteiger partial charge in [-0.25, -0.2) is 0 Å². The molecule has 0 aliphatic carbocycles. The van der Waals surface area contributed by atoms with Crippen LogP contribution in [-0.2, 0) is 9.53 Å². The number of aliphatic hydroxyl groups is 1. The standard InChI is InChI=1S/C27H43NO3/c1-2-3-4-5-6-7-8-9-10-11-12-13-14-15-19-22-27(30)31-24-26(29)23-28-25-20-17-16-18-21-25/h6-7,9-10,16-18,20-21,26,28-29H,2-5,8,11-15,19,22-24H2,1H3. The number of allylic oxidation sites excluding steroid dienone is 4. The summed E-state index contributed by atoms with van der Waals surface area (Å²) in [6.45, 7) is 2.64. The quantitative estimate of drug-likeness (QED) is 0.144. The predicted octanol–water partition coefficient (Wildman–Crippen LogP) is 6.82. The summed E-state index contributed by atoms with van der Waals surface area (Å²) in [6, 6.07) is 9.67. The van der Waals surface area contributed by atoms with Crippen molar-refractivity contribution in [3.63, 3.8) is 0 Å². The van der Waals surface area contributed by atoms with Crippen molar-refractivity contribution in [3.8, 4) is 0 Å². The van der Waals surface area contributed by atoms with Crippen LogP contribution >= 0.6 is 0 Å². The van der Waals surface area contributed by atoms with Gasteiger partial charge in [-0.3, -0.25) is 4.79 Å². The van der Waals surface area contributed by atoms with Crippen molar-refractivity contribution >= 4 is 11.7 Å². The van der Waals surface area contributed by atoms with Gasteiger partial charge < -0.3 is 15.2 Å². The average Bonchev–Trinajstić information content (AvgIpc) is 2.79. The molecule has 0 aliphatic rings. The van der Waals surface area contributed by atoms with Crippen LogP contribution in [0.5, 0.6) is 0 Å². The normalized spacial score (nSPS) is 12.5. The van der Waals surface area contributed by atoms with E-state index in [1.165, 1.54) is 38.5 Å². The first-order chi connectivity index (χ1) is 15.2. The number of para-hydroxylation sites is 1. The summed E-state index contributed by atoms with van der Waals surface area (Å²) in [5, 5.41) is 13.0. The first-order valence-corrected chi connectivity index (χ1v) is 12.1. The minimum absolute atomic E-state index is 0.0406. The number of carbonyl (C=O) groups excluding carboxylic acids is 1. The van der Waals surface area contributed by atoms with Crippen LogP contribution in [0.1, 0.15) is 84.0 Å². The van der Waals surface area contributed by atoms with E-state index < -0.39 is 6.10 Å². The van der Waals surface area contributed by atoms with Crippen LogP contribution in [0.2, 0.25) is 0 Å².